The molecule has 0 radical (unpaired) electrons. The van der Waals surface area contributed by atoms with E-state index < -0.39 is 129 Å². The monoisotopic (exact) mass is 711 g/mol. The Balaban J connectivity index is 1.79. The molecular formula is C28H47N4O17-. The number of carboxylic acids is 1. The molecular weight excluding hydrogens is 664 g/mol. The van der Waals surface area contributed by atoms with E-state index in [0.29, 0.717) is 6.42 Å². The number of amides is 1. The third-order valence-electron chi connectivity index (χ3n) is 8.75. The van der Waals surface area contributed by atoms with Crippen molar-refractivity contribution in [1.82, 2.24) is 5.32 Å². The molecule has 5 unspecified atom stereocenters. The van der Waals surface area contributed by atoms with Gasteiger partial charge in [-0.3, -0.25) is 4.79 Å². The van der Waals surface area contributed by atoms with Crippen molar-refractivity contribution in [2.75, 3.05) is 26.4 Å². The summed E-state index contributed by atoms with van der Waals surface area (Å²) in [6.45, 7) is 2.81. The normalized spacial score (nSPS) is 40.9. The lowest BCUT2D eigenvalue weighted by molar-refractivity contribution is -0.391. The zero-order chi connectivity index (χ0) is 36.6. The van der Waals surface area contributed by atoms with E-state index in [-0.39, 0.29) is 19.6 Å². The molecule has 21 nitrogen and oxygen atoms in total. The van der Waals surface area contributed by atoms with Crippen LogP contribution in [-0.2, 0) is 38.0 Å². The summed E-state index contributed by atoms with van der Waals surface area (Å²) < 4.78 is 33.9. The average molecular weight is 712 g/mol. The Labute approximate surface area is 280 Å². The van der Waals surface area contributed by atoms with Crippen molar-refractivity contribution in [3.8, 4) is 0 Å². The van der Waals surface area contributed by atoms with Crippen molar-refractivity contribution < 1.29 is 84.0 Å². The Kier molecular flexibility index (Phi) is 15.3. The fraction of sp³-hybridized carbons (Fsp3) is 0.929. The van der Waals surface area contributed by atoms with Gasteiger partial charge in [0.1, 0.15) is 54.8 Å². The zero-order valence-electron chi connectivity index (χ0n) is 27.2. The molecule has 0 aromatic carbocycles. The Bertz CT molecular complexity index is 1130. The van der Waals surface area contributed by atoms with Crippen LogP contribution in [0, 0.1) is 5.92 Å². The minimum Gasteiger partial charge on any atom is -0.544 e. The number of aliphatic hydroxyl groups is 8. The summed E-state index contributed by atoms with van der Waals surface area (Å²) in [5.74, 6) is -6.32. The predicted molar refractivity (Wildman–Crippen MR) is 156 cm³/mol. The van der Waals surface area contributed by atoms with Crippen LogP contribution in [0.1, 0.15) is 40.0 Å². The molecule has 0 bridgehead atoms. The summed E-state index contributed by atoms with van der Waals surface area (Å²) in [6, 6.07) is -1.38. The van der Waals surface area contributed by atoms with Crippen LogP contribution in [0.25, 0.3) is 10.4 Å². The molecule has 49 heavy (non-hydrogen) atoms. The van der Waals surface area contributed by atoms with Crippen LogP contribution >= 0.6 is 0 Å². The quantitative estimate of drug-likeness (QED) is 0.0313. The van der Waals surface area contributed by atoms with E-state index in [1.165, 1.54) is 6.92 Å². The summed E-state index contributed by atoms with van der Waals surface area (Å²) in [4.78, 5) is 26.9. The molecule has 3 rings (SSSR count). The summed E-state index contributed by atoms with van der Waals surface area (Å²) in [6.07, 6.45) is -21.6. The molecule has 3 saturated heterocycles. The summed E-state index contributed by atoms with van der Waals surface area (Å²) in [5, 5.41) is 103. The number of carboxylic acid groups (broad SMARTS) is 1. The van der Waals surface area contributed by atoms with Crippen molar-refractivity contribution in [1.29, 1.82) is 0 Å². The number of carbonyl (C=O) groups excluding carboxylic acids is 2. The minimum absolute atomic E-state index is 0.0173. The number of aliphatic carboxylic acids is 1. The number of nitrogens with zero attached hydrogens (tertiary/aromatic N) is 3. The number of rotatable bonds is 16. The molecule has 3 aliphatic heterocycles. The lowest BCUT2D eigenvalue weighted by atomic mass is 9.88. The highest BCUT2D eigenvalue weighted by atomic mass is 16.8. The maximum Gasteiger partial charge on any atom is 0.217 e. The van der Waals surface area contributed by atoms with Gasteiger partial charge in [-0.15, -0.1) is 0 Å². The van der Waals surface area contributed by atoms with E-state index in [0.717, 1.165) is 6.92 Å². The highest BCUT2D eigenvalue weighted by Crippen LogP contribution is 2.36. The summed E-state index contributed by atoms with van der Waals surface area (Å²) in [5.41, 5.74) is 8.43. The molecule has 3 heterocycles. The Morgan fingerprint density at radius 1 is 1.08 bits per heavy atom. The first-order chi connectivity index (χ1) is 23.1. The van der Waals surface area contributed by atoms with Crippen LogP contribution in [0.3, 0.4) is 0 Å². The van der Waals surface area contributed by atoms with E-state index in [9.17, 15) is 55.5 Å². The Hall–Kier alpha value is -2.31. The van der Waals surface area contributed by atoms with Crippen molar-refractivity contribution in [2.45, 2.75) is 132 Å². The second kappa shape index (κ2) is 18.3. The van der Waals surface area contributed by atoms with Gasteiger partial charge in [-0.05, 0) is 18.4 Å². The molecule has 0 aliphatic carbocycles. The van der Waals surface area contributed by atoms with E-state index in [2.05, 4.69) is 15.3 Å². The van der Waals surface area contributed by atoms with Gasteiger partial charge in [0, 0.05) is 37.3 Å². The first-order valence-electron chi connectivity index (χ1n) is 15.9. The first-order valence-corrected chi connectivity index (χ1v) is 15.9. The second-order valence-electron chi connectivity index (χ2n) is 12.3. The van der Waals surface area contributed by atoms with Crippen LogP contribution < -0.4 is 10.4 Å². The lowest BCUT2D eigenvalue weighted by Gasteiger charge is -2.50. The molecule has 3 aliphatic rings. The molecule has 16 atom stereocenters. The minimum atomic E-state index is -2.84. The standard InChI is InChI=1S/C28H48N4O17/c1-4-13(35)18(37)24-17(31-12(3)34)14(36)8-28(49-24,27(42)43)45-10-16-19(38)21(40)22(41)26(47-16)48-23-11(2)25(44-7-5-6-30-32-29)46-15(9-33)20(23)39/h11,13-26,33,35-41H,4-10H2,1-3H3,(H,31,34)(H,42,43)/p-1/t11?,13-,14-,15?,16?,17-,18-,19+,20+,21+,22?,23-,24?,25-,26+,28-/m1/s1. The van der Waals surface area contributed by atoms with Gasteiger partial charge >= 0.3 is 0 Å². The molecule has 0 saturated carbocycles. The lowest BCUT2D eigenvalue weighted by Crippen LogP contribution is -2.70. The topological polar surface area (TPSA) is 335 Å². The van der Waals surface area contributed by atoms with E-state index in [1.54, 1.807) is 6.92 Å². The van der Waals surface area contributed by atoms with Gasteiger partial charge in [-0.1, -0.05) is 19.0 Å². The fourth-order valence-corrected chi connectivity index (χ4v) is 5.92. The first kappa shape index (κ1) is 41.1. The van der Waals surface area contributed by atoms with Crippen molar-refractivity contribution in [3.05, 3.63) is 10.4 Å². The maximum atomic E-state index is 12.4. The van der Waals surface area contributed by atoms with Gasteiger partial charge in [0.15, 0.2) is 12.6 Å². The number of hydrogen-bond donors (Lipinski definition) is 9. The largest absolute Gasteiger partial charge is 0.544 e. The molecule has 0 aromatic rings. The number of aliphatic hydroxyl groups excluding tert-OH is 8. The van der Waals surface area contributed by atoms with Crippen molar-refractivity contribution >= 4 is 11.9 Å². The number of nitrogens with one attached hydrogen (secondary N) is 1. The van der Waals surface area contributed by atoms with Gasteiger partial charge in [-0.2, -0.15) is 0 Å². The molecule has 1 amide bonds. The van der Waals surface area contributed by atoms with Crippen LogP contribution in [0.4, 0.5) is 0 Å². The number of azide groups is 1. The van der Waals surface area contributed by atoms with E-state index >= 15 is 0 Å². The predicted octanol–water partition coefficient (Wildman–Crippen LogP) is -5.14. The molecule has 282 valence electrons. The van der Waals surface area contributed by atoms with Crippen LogP contribution in [0.2, 0.25) is 0 Å². The van der Waals surface area contributed by atoms with Crippen molar-refractivity contribution in [3.63, 3.8) is 0 Å². The third-order valence-corrected chi connectivity index (χ3v) is 8.75. The smallest absolute Gasteiger partial charge is 0.217 e. The van der Waals surface area contributed by atoms with Crippen molar-refractivity contribution in [2.24, 2.45) is 11.0 Å². The van der Waals surface area contributed by atoms with Gasteiger partial charge < -0.3 is 84.5 Å². The van der Waals surface area contributed by atoms with Gasteiger partial charge in [-0.25, -0.2) is 0 Å². The van der Waals surface area contributed by atoms with E-state index in [4.69, 9.17) is 34.0 Å². The van der Waals surface area contributed by atoms with E-state index in [1.807, 2.05) is 0 Å². The zero-order valence-corrected chi connectivity index (χ0v) is 27.2. The second-order valence-corrected chi connectivity index (χ2v) is 12.3. The molecule has 9 N–H and O–H groups in total. The fourth-order valence-electron chi connectivity index (χ4n) is 5.92. The summed E-state index contributed by atoms with van der Waals surface area (Å²) in [7, 11) is 0. The number of ether oxygens (including phenoxy) is 6. The highest BCUT2D eigenvalue weighted by Gasteiger charge is 2.54. The maximum absolute atomic E-state index is 12.4. The van der Waals surface area contributed by atoms with Gasteiger partial charge in [0.2, 0.25) is 11.7 Å². The molecule has 3 fully saturated rings. The number of hydrogen-bond acceptors (Lipinski definition) is 18. The Morgan fingerprint density at radius 2 is 1.76 bits per heavy atom. The average Bonchev–Trinajstić information content (AvgIpc) is 3.06. The third kappa shape index (κ3) is 9.73. The van der Waals surface area contributed by atoms with Crippen LogP contribution in [-0.4, -0.2) is 171 Å². The Morgan fingerprint density at radius 3 is 2.35 bits per heavy atom. The van der Waals surface area contributed by atoms with Crippen LogP contribution in [0.15, 0.2) is 5.11 Å². The van der Waals surface area contributed by atoms with Crippen LogP contribution in [0.5, 0.6) is 0 Å². The van der Waals surface area contributed by atoms with Gasteiger partial charge in [0.25, 0.3) is 0 Å². The number of carbonyl (C=O) groups is 2. The highest BCUT2D eigenvalue weighted by molar-refractivity contribution is 5.75. The SMILES string of the molecule is CC[C@@H](O)[C@@H](O)C1O[C@@](OCC2O[C@@H](O[C@@H]3C(C)[C@H](OCCCN=[N+]=[N-])OC(CO)[C@@H]3O)C(O)[C@@H](O)[C@H]2O)(C(=O)[O-])C[C@@H](O)[C@H]1NC(C)=O. The molecule has 0 spiro atoms. The molecule has 21 heteroatoms. The van der Waals surface area contributed by atoms with Gasteiger partial charge in [0.05, 0.1) is 37.6 Å². The summed E-state index contributed by atoms with van der Waals surface area (Å²) >= 11 is 0. The molecule has 0 aromatic heterocycles.